The number of terminal acetylenes is 1. The van der Waals surface area contributed by atoms with Gasteiger partial charge in [0.05, 0.1) is 0 Å². The van der Waals surface area contributed by atoms with E-state index in [4.69, 9.17) is 6.42 Å². The smallest absolute Gasteiger partial charge is 0.00497 e. The molecule has 0 nitrogen and oxygen atoms in total. The summed E-state index contributed by atoms with van der Waals surface area (Å²) in [5.74, 6) is 2.82. The van der Waals surface area contributed by atoms with Crippen LogP contribution in [0.2, 0.25) is 0 Å². The summed E-state index contributed by atoms with van der Waals surface area (Å²) in [7, 11) is 0. The van der Waals surface area contributed by atoms with Gasteiger partial charge in [-0.25, -0.2) is 0 Å². The van der Waals surface area contributed by atoms with Gasteiger partial charge < -0.3 is 0 Å². The molecule has 0 N–H and O–H groups in total. The maximum absolute atomic E-state index is 5.46. The van der Waals surface area contributed by atoms with Gasteiger partial charge in [0, 0.05) is 5.57 Å². The van der Waals surface area contributed by atoms with E-state index in [-0.39, 0.29) is 0 Å². The summed E-state index contributed by atoms with van der Waals surface area (Å²) >= 11 is 0. The first-order valence-electron chi connectivity index (χ1n) is 5.28. The highest BCUT2D eigenvalue weighted by Crippen LogP contribution is 2.31. The largest absolute Gasteiger partial charge is 0.115 e. The van der Waals surface area contributed by atoms with Crippen LogP contribution in [0.4, 0.5) is 0 Å². The molecule has 0 aromatic carbocycles. The van der Waals surface area contributed by atoms with E-state index in [0.717, 1.165) is 6.42 Å². The van der Waals surface area contributed by atoms with Crippen LogP contribution in [0.15, 0.2) is 22.8 Å². The summed E-state index contributed by atoms with van der Waals surface area (Å²) in [6.45, 7) is 0. The lowest BCUT2D eigenvalue weighted by Crippen LogP contribution is -1.79. The molecule has 0 radical (unpaired) electrons. The van der Waals surface area contributed by atoms with E-state index in [1.54, 1.807) is 5.57 Å². The quantitative estimate of drug-likeness (QED) is 0.530. The molecule has 1 saturated carbocycles. The molecule has 2 aliphatic carbocycles. The zero-order valence-corrected chi connectivity index (χ0v) is 8.10. The van der Waals surface area contributed by atoms with Gasteiger partial charge in [-0.15, -0.1) is 6.42 Å². The predicted molar refractivity (Wildman–Crippen MR) is 56.3 cm³/mol. The Labute approximate surface area is 80.7 Å². The monoisotopic (exact) mass is 172 g/mol. The summed E-state index contributed by atoms with van der Waals surface area (Å²) in [5.41, 5.74) is 4.35. The van der Waals surface area contributed by atoms with Crippen molar-refractivity contribution >= 4 is 0 Å². The summed E-state index contributed by atoms with van der Waals surface area (Å²) in [4.78, 5) is 0. The van der Waals surface area contributed by atoms with Crippen LogP contribution < -0.4 is 0 Å². The molecule has 0 aromatic rings. The molecule has 2 aliphatic rings. The van der Waals surface area contributed by atoms with E-state index in [9.17, 15) is 0 Å². The van der Waals surface area contributed by atoms with E-state index in [0.29, 0.717) is 0 Å². The van der Waals surface area contributed by atoms with E-state index in [1.165, 1.54) is 49.7 Å². The van der Waals surface area contributed by atoms with Crippen LogP contribution in [-0.2, 0) is 0 Å². The Morgan fingerprint density at radius 1 is 1.00 bits per heavy atom. The van der Waals surface area contributed by atoms with E-state index in [2.05, 4.69) is 12.0 Å². The van der Waals surface area contributed by atoms with Crippen LogP contribution >= 0.6 is 0 Å². The third kappa shape index (κ3) is 1.86. The van der Waals surface area contributed by atoms with Crippen molar-refractivity contribution in [2.45, 2.75) is 44.9 Å². The van der Waals surface area contributed by atoms with Crippen molar-refractivity contribution in [3.05, 3.63) is 22.8 Å². The molecule has 68 valence electrons. The van der Waals surface area contributed by atoms with Gasteiger partial charge in [0.2, 0.25) is 0 Å². The predicted octanol–water partition coefficient (Wildman–Crippen LogP) is 3.60. The summed E-state index contributed by atoms with van der Waals surface area (Å²) in [6.07, 6.45) is 16.8. The Hall–Kier alpha value is -0.960. The normalized spacial score (nSPS) is 22.2. The van der Waals surface area contributed by atoms with Crippen LogP contribution in [0.5, 0.6) is 0 Å². The lowest BCUT2D eigenvalue weighted by atomic mass is 10.1. The van der Waals surface area contributed by atoms with Crippen LogP contribution in [0.25, 0.3) is 0 Å². The molecule has 13 heavy (non-hydrogen) atoms. The molecule has 0 heteroatoms. The first-order chi connectivity index (χ1) is 6.40. The molecular weight excluding hydrogens is 156 g/mol. The van der Waals surface area contributed by atoms with Crippen molar-refractivity contribution in [1.82, 2.24) is 0 Å². The van der Waals surface area contributed by atoms with Crippen molar-refractivity contribution in [2.24, 2.45) is 0 Å². The van der Waals surface area contributed by atoms with Crippen LogP contribution in [0, 0.1) is 12.3 Å². The molecule has 0 bridgehead atoms. The molecule has 0 aromatic heterocycles. The third-order valence-electron chi connectivity index (χ3n) is 3.06. The lowest BCUT2D eigenvalue weighted by Gasteiger charge is -1.98. The molecule has 0 saturated heterocycles. The Bertz CT molecular complexity index is 288. The van der Waals surface area contributed by atoms with Gasteiger partial charge in [-0.1, -0.05) is 17.6 Å². The minimum Gasteiger partial charge on any atom is -0.115 e. The Kier molecular flexibility index (Phi) is 2.54. The second-order valence-corrected chi connectivity index (χ2v) is 4.01. The maximum Gasteiger partial charge on any atom is 0.00497 e. The van der Waals surface area contributed by atoms with Crippen LogP contribution in [-0.4, -0.2) is 0 Å². The molecule has 1 fully saturated rings. The fraction of sp³-hybridized carbons (Fsp3) is 0.538. The number of allylic oxidation sites excluding steroid dienone is 4. The number of hydrogen-bond acceptors (Lipinski definition) is 0. The zero-order chi connectivity index (χ0) is 9.10. The lowest BCUT2D eigenvalue weighted by molar-refractivity contribution is 0.886. The molecule has 0 aliphatic heterocycles. The minimum absolute atomic E-state index is 1.13. The topological polar surface area (TPSA) is 0 Å². The van der Waals surface area contributed by atoms with E-state index in [1.807, 2.05) is 0 Å². The van der Waals surface area contributed by atoms with Crippen LogP contribution in [0.1, 0.15) is 44.9 Å². The molecule has 0 spiro atoms. The van der Waals surface area contributed by atoms with Gasteiger partial charge in [-0.05, 0) is 50.5 Å². The standard InChI is InChI=1S/C13H16/c1-2-12-8-5-9-13(12)10-11-6-3-4-7-11/h1,10H,3-9H2. The second kappa shape index (κ2) is 3.83. The first-order valence-corrected chi connectivity index (χ1v) is 5.28. The molecule has 0 unspecified atom stereocenters. The van der Waals surface area contributed by atoms with Gasteiger partial charge in [-0.3, -0.25) is 0 Å². The average Bonchev–Trinajstić information content (AvgIpc) is 2.76. The summed E-state index contributed by atoms with van der Waals surface area (Å²) in [6, 6.07) is 0. The van der Waals surface area contributed by atoms with E-state index >= 15 is 0 Å². The van der Waals surface area contributed by atoms with Crippen molar-refractivity contribution in [1.29, 1.82) is 0 Å². The summed E-state index contributed by atoms with van der Waals surface area (Å²) < 4.78 is 0. The SMILES string of the molecule is C#CC1=C(C=C2CCCC2)CCC1. The summed E-state index contributed by atoms with van der Waals surface area (Å²) in [5, 5.41) is 0. The second-order valence-electron chi connectivity index (χ2n) is 4.01. The highest BCUT2D eigenvalue weighted by molar-refractivity contribution is 5.41. The number of hydrogen-bond donors (Lipinski definition) is 0. The van der Waals surface area contributed by atoms with Gasteiger partial charge in [0.15, 0.2) is 0 Å². The van der Waals surface area contributed by atoms with Crippen LogP contribution in [0.3, 0.4) is 0 Å². The van der Waals surface area contributed by atoms with Crippen molar-refractivity contribution in [3.63, 3.8) is 0 Å². The molecule has 0 heterocycles. The molecule has 0 amide bonds. The maximum atomic E-state index is 5.46. The number of rotatable bonds is 1. The van der Waals surface area contributed by atoms with Gasteiger partial charge in [0.1, 0.15) is 0 Å². The van der Waals surface area contributed by atoms with E-state index < -0.39 is 0 Å². The first kappa shape index (κ1) is 8.63. The zero-order valence-electron chi connectivity index (χ0n) is 8.10. The Balaban J connectivity index is 2.16. The minimum atomic E-state index is 1.13. The molecular formula is C13H16. The van der Waals surface area contributed by atoms with Gasteiger partial charge in [0.25, 0.3) is 0 Å². The molecule has 2 rings (SSSR count). The molecule has 0 atom stereocenters. The fourth-order valence-electron chi connectivity index (χ4n) is 2.31. The Morgan fingerprint density at radius 3 is 2.46 bits per heavy atom. The highest BCUT2D eigenvalue weighted by atomic mass is 14.2. The van der Waals surface area contributed by atoms with Crippen molar-refractivity contribution < 1.29 is 0 Å². The Morgan fingerprint density at radius 2 is 1.77 bits per heavy atom. The third-order valence-corrected chi connectivity index (χ3v) is 3.06. The fourth-order valence-corrected chi connectivity index (χ4v) is 2.31. The van der Waals surface area contributed by atoms with Gasteiger partial charge >= 0.3 is 0 Å². The van der Waals surface area contributed by atoms with Crippen molar-refractivity contribution in [2.75, 3.05) is 0 Å². The highest BCUT2D eigenvalue weighted by Gasteiger charge is 2.13. The average molecular weight is 172 g/mol. The van der Waals surface area contributed by atoms with Crippen molar-refractivity contribution in [3.8, 4) is 12.3 Å². The van der Waals surface area contributed by atoms with Gasteiger partial charge in [-0.2, -0.15) is 0 Å².